The first-order chi connectivity index (χ1) is 8.26. The number of nitrogens with two attached hydrogens (primary N) is 1. The minimum absolute atomic E-state index is 0.486. The van der Waals surface area contributed by atoms with Gasteiger partial charge in [0.15, 0.2) is 5.82 Å². The Morgan fingerprint density at radius 2 is 2.06 bits per heavy atom. The first-order valence-corrected chi connectivity index (χ1v) is 6.35. The van der Waals surface area contributed by atoms with E-state index in [2.05, 4.69) is 32.8 Å². The quantitative estimate of drug-likeness (QED) is 0.946. The van der Waals surface area contributed by atoms with Gasteiger partial charge in [0, 0.05) is 34.0 Å². The van der Waals surface area contributed by atoms with E-state index in [1.807, 2.05) is 30.5 Å². The van der Waals surface area contributed by atoms with Crippen molar-refractivity contribution in [3.8, 4) is 11.4 Å². The second-order valence-corrected chi connectivity index (χ2v) is 4.56. The second-order valence-electron chi connectivity index (χ2n) is 3.70. The zero-order chi connectivity index (χ0) is 12.3. The molecule has 0 fully saturated rings. The van der Waals surface area contributed by atoms with Gasteiger partial charge in [0.05, 0.1) is 0 Å². The van der Waals surface area contributed by atoms with Crippen LogP contribution in [0.1, 0.15) is 18.2 Å². The van der Waals surface area contributed by atoms with Crippen LogP contribution in [0.3, 0.4) is 0 Å². The van der Waals surface area contributed by atoms with Crippen LogP contribution in [-0.2, 0) is 13.0 Å². The van der Waals surface area contributed by atoms with E-state index < -0.39 is 0 Å². The molecule has 0 saturated carbocycles. The van der Waals surface area contributed by atoms with Crippen LogP contribution < -0.4 is 5.73 Å². The summed E-state index contributed by atoms with van der Waals surface area (Å²) in [6.07, 6.45) is 2.69. The lowest BCUT2D eigenvalue weighted by atomic mass is 10.1. The van der Waals surface area contributed by atoms with Gasteiger partial charge in [-0.05, 0) is 12.5 Å². The average molecular weight is 292 g/mol. The predicted octanol–water partition coefficient (Wildman–Crippen LogP) is 2.93. The summed E-state index contributed by atoms with van der Waals surface area (Å²) in [6.45, 7) is 2.56. The Hall–Kier alpha value is -1.26. The molecular weight excluding hydrogens is 278 g/mol. The Bertz CT molecular complexity index is 526. The van der Waals surface area contributed by atoms with Gasteiger partial charge in [-0.3, -0.25) is 0 Å². The van der Waals surface area contributed by atoms with Crippen molar-refractivity contribution in [1.82, 2.24) is 9.97 Å². The van der Waals surface area contributed by atoms with Crippen LogP contribution in [0.4, 0.5) is 0 Å². The second kappa shape index (κ2) is 5.38. The highest BCUT2D eigenvalue weighted by atomic mass is 79.9. The molecule has 0 aliphatic carbocycles. The third-order valence-corrected chi connectivity index (χ3v) is 3.32. The molecule has 2 rings (SSSR count). The number of benzene rings is 1. The molecule has 0 aliphatic rings. The van der Waals surface area contributed by atoms with Gasteiger partial charge in [-0.15, -0.1) is 0 Å². The van der Waals surface area contributed by atoms with E-state index in [0.717, 1.165) is 33.5 Å². The Morgan fingerprint density at radius 1 is 1.29 bits per heavy atom. The Labute approximate surface area is 109 Å². The van der Waals surface area contributed by atoms with E-state index in [0.29, 0.717) is 6.54 Å². The first-order valence-electron chi connectivity index (χ1n) is 5.56. The molecule has 0 amide bonds. The monoisotopic (exact) mass is 291 g/mol. The maximum atomic E-state index is 5.66. The largest absolute Gasteiger partial charge is 0.326 e. The molecule has 2 N–H and O–H groups in total. The lowest BCUT2D eigenvalue weighted by Gasteiger charge is -2.08. The van der Waals surface area contributed by atoms with E-state index in [1.165, 1.54) is 0 Å². The molecule has 0 unspecified atom stereocenters. The van der Waals surface area contributed by atoms with Crippen LogP contribution >= 0.6 is 15.9 Å². The fourth-order valence-corrected chi connectivity index (χ4v) is 2.15. The van der Waals surface area contributed by atoms with Crippen molar-refractivity contribution in [2.45, 2.75) is 19.9 Å². The molecule has 0 spiro atoms. The maximum Gasteiger partial charge on any atom is 0.160 e. The van der Waals surface area contributed by atoms with Gasteiger partial charge in [-0.2, -0.15) is 0 Å². The van der Waals surface area contributed by atoms with Crippen LogP contribution in [0.15, 0.2) is 34.9 Å². The van der Waals surface area contributed by atoms with Crippen molar-refractivity contribution < 1.29 is 0 Å². The number of aromatic nitrogens is 2. The molecule has 1 aromatic carbocycles. The van der Waals surface area contributed by atoms with E-state index in [1.54, 1.807) is 0 Å². The Morgan fingerprint density at radius 3 is 2.71 bits per heavy atom. The number of aryl methyl sites for hydroxylation is 1. The highest BCUT2D eigenvalue weighted by molar-refractivity contribution is 9.10. The summed E-state index contributed by atoms with van der Waals surface area (Å²) in [5, 5.41) is 0. The molecule has 1 aromatic heterocycles. The van der Waals surface area contributed by atoms with Crippen LogP contribution in [0.2, 0.25) is 0 Å². The number of nitrogens with zero attached hydrogens (tertiary/aromatic N) is 2. The van der Waals surface area contributed by atoms with Crippen molar-refractivity contribution in [1.29, 1.82) is 0 Å². The summed E-state index contributed by atoms with van der Waals surface area (Å²) in [6, 6.07) is 7.94. The molecule has 4 heteroatoms. The molecule has 0 atom stereocenters. The topological polar surface area (TPSA) is 51.8 Å². The third kappa shape index (κ3) is 2.53. The van der Waals surface area contributed by atoms with E-state index >= 15 is 0 Å². The van der Waals surface area contributed by atoms with Gasteiger partial charge in [0.25, 0.3) is 0 Å². The van der Waals surface area contributed by atoms with Gasteiger partial charge in [0.1, 0.15) is 0 Å². The standard InChI is InChI=1S/C13H14BrN3/c1-2-12-9(7-15)8-16-13(17-12)10-5-3-4-6-11(10)14/h3-6,8H,2,7,15H2,1H3. The smallest absolute Gasteiger partial charge is 0.160 e. The molecular formula is C13H14BrN3. The molecule has 0 saturated heterocycles. The average Bonchev–Trinajstić information content (AvgIpc) is 2.38. The Kier molecular flexibility index (Phi) is 3.86. The summed E-state index contributed by atoms with van der Waals surface area (Å²) >= 11 is 3.51. The highest BCUT2D eigenvalue weighted by Crippen LogP contribution is 2.25. The molecule has 2 aromatic rings. The summed E-state index contributed by atoms with van der Waals surface area (Å²) < 4.78 is 1.00. The van der Waals surface area contributed by atoms with Crippen molar-refractivity contribution >= 4 is 15.9 Å². The summed E-state index contributed by atoms with van der Waals surface area (Å²) in [7, 11) is 0. The lowest BCUT2D eigenvalue weighted by molar-refractivity contribution is 0.919. The third-order valence-electron chi connectivity index (χ3n) is 2.62. The van der Waals surface area contributed by atoms with Crippen LogP contribution in [0, 0.1) is 0 Å². The van der Waals surface area contributed by atoms with Crippen molar-refractivity contribution in [3.05, 3.63) is 46.2 Å². The molecule has 3 nitrogen and oxygen atoms in total. The summed E-state index contributed by atoms with van der Waals surface area (Å²) in [5.74, 6) is 0.742. The van der Waals surface area contributed by atoms with Crippen LogP contribution in [-0.4, -0.2) is 9.97 Å². The van der Waals surface area contributed by atoms with E-state index in [-0.39, 0.29) is 0 Å². The molecule has 1 heterocycles. The fourth-order valence-electron chi connectivity index (χ4n) is 1.69. The number of rotatable bonds is 3. The van der Waals surface area contributed by atoms with Gasteiger partial charge in [-0.25, -0.2) is 9.97 Å². The first kappa shape index (κ1) is 12.2. The van der Waals surface area contributed by atoms with Crippen LogP contribution in [0.25, 0.3) is 11.4 Å². The fraction of sp³-hybridized carbons (Fsp3) is 0.231. The molecule has 17 heavy (non-hydrogen) atoms. The zero-order valence-corrected chi connectivity index (χ0v) is 11.2. The SMILES string of the molecule is CCc1nc(-c2ccccc2Br)ncc1CN. The van der Waals surface area contributed by atoms with E-state index in [9.17, 15) is 0 Å². The van der Waals surface area contributed by atoms with Gasteiger partial charge >= 0.3 is 0 Å². The highest BCUT2D eigenvalue weighted by Gasteiger charge is 2.08. The normalized spacial score (nSPS) is 10.5. The summed E-state index contributed by atoms with van der Waals surface area (Å²) in [5.41, 5.74) is 8.70. The maximum absolute atomic E-state index is 5.66. The molecule has 0 radical (unpaired) electrons. The molecule has 0 aliphatic heterocycles. The number of hydrogen-bond acceptors (Lipinski definition) is 3. The van der Waals surface area contributed by atoms with Gasteiger partial charge in [-0.1, -0.05) is 41.1 Å². The lowest BCUT2D eigenvalue weighted by Crippen LogP contribution is -2.05. The molecule has 0 bridgehead atoms. The number of hydrogen-bond donors (Lipinski definition) is 1. The van der Waals surface area contributed by atoms with Gasteiger partial charge in [0.2, 0.25) is 0 Å². The Balaban J connectivity index is 2.50. The number of halogens is 1. The minimum Gasteiger partial charge on any atom is -0.326 e. The van der Waals surface area contributed by atoms with E-state index in [4.69, 9.17) is 5.73 Å². The van der Waals surface area contributed by atoms with Crippen LogP contribution in [0.5, 0.6) is 0 Å². The molecule has 88 valence electrons. The van der Waals surface area contributed by atoms with Crippen molar-refractivity contribution in [3.63, 3.8) is 0 Å². The van der Waals surface area contributed by atoms with Crippen molar-refractivity contribution in [2.75, 3.05) is 0 Å². The van der Waals surface area contributed by atoms with Crippen molar-refractivity contribution in [2.24, 2.45) is 5.73 Å². The van der Waals surface area contributed by atoms with Gasteiger partial charge < -0.3 is 5.73 Å². The zero-order valence-electron chi connectivity index (χ0n) is 9.65. The minimum atomic E-state index is 0.486. The predicted molar refractivity (Wildman–Crippen MR) is 72.4 cm³/mol. The summed E-state index contributed by atoms with van der Waals surface area (Å²) in [4.78, 5) is 8.94.